The summed E-state index contributed by atoms with van der Waals surface area (Å²) in [4.78, 5) is 16.2. The Hall–Kier alpha value is -2.80. The second-order valence-corrected chi connectivity index (χ2v) is 8.62. The van der Waals surface area contributed by atoms with Crippen molar-refractivity contribution in [3.63, 3.8) is 0 Å². The third kappa shape index (κ3) is 5.02. The number of nitro benzene ring substituents is 1. The molecule has 5 nitrogen and oxygen atoms in total. The zero-order chi connectivity index (χ0) is 21.7. The minimum absolute atomic E-state index is 0.0441. The molecule has 0 radical (unpaired) electrons. The second-order valence-electron chi connectivity index (χ2n) is 7.78. The van der Waals surface area contributed by atoms with E-state index in [4.69, 9.17) is 0 Å². The monoisotopic (exact) mass is 427 g/mol. The second kappa shape index (κ2) is 9.80. The highest BCUT2D eigenvalue weighted by molar-refractivity contribution is 7.07. The van der Waals surface area contributed by atoms with Gasteiger partial charge in [-0.3, -0.25) is 10.1 Å². The number of hydrogen-bond donors (Lipinski definition) is 0. The van der Waals surface area contributed by atoms with Gasteiger partial charge in [0.25, 0.3) is 5.69 Å². The van der Waals surface area contributed by atoms with E-state index in [1.54, 1.807) is 30.3 Å². The Morgan fingerprint density at radius 2 is 1.80 bits per heavy atom. The van der Waals surface area contributed by atoms with Crippen LogP contribution in [0.4, 0.5) is 15.8 Å². The summed E-state index contributed by atoms with van der Waals surface area (Å²) in [5.41, 5.74) is 1.51. The molecule has 0 N–H and O–H groups in total. The summed E-state index contributed by atoms with van der Waals surface area (Å²) in [5.74, 6) is 0.322. The number of para-hydroxylation sites is 2. The Kier molecular flexibility index (Phi) is 7.15. The first-order valence-corrected chi connectivity index (χ1v) is 11.0. The molecule has 0 spiro atoms. The molecule has 7 heteroatoms. The maximum atomic E-state index is 14.6. The molecule has 1 aromatic heterocycles. The molecule has 1 atom stereocenters. The van der Waals surface area contributed by atoms with Gasteiger partial charge in [-0.05, 0) is 37.5 Å². The molecule has 0 saturated carbocycles. The van der Waals surface area contributed by atoms with E-state index in [2.05, 4.69) is 25.8 Å². The van der Waals surface area contributed by atoms with Crippen LogP contribution in [0.3, 0.4) is 0 Å². The van der Waals surface area contributed by atoms with Crippen molar-refractivity contribution >= 4 is 22.7 Å². The van der Waals surface area contributed by atoms with Gasteiger partial charge in [0.1, 0.15) is 11.5 Å². The Bertz CT molecular complexity index is 1090. The molecule has 0 aliphatic heterocycles. The summed E-state index contributed by atoms with van der Waals surface area (Å²) in [6.07, 6.45) is 3.07. The van der Waals surface area contributed by atoms with E-state index in [-0.39, 0.29) is 17.5 Å². The predicted molar refractivity (Wildman–Crippen MR) is 119 cm³/mol. The summed E-state index contributed by atoms with van der Waals surface area (Å²) < 4.78 is 16.6. The molecule has 158 valence electrons. The quantitative estimate of drug-likeness (QED) is 0.290. The molecule has 0 fully saturated rings. The highest BCUT2D eigenvalue weighted by Crippen LogP contribution is 2.30. The Morgan fingerprint density at radius 3 is 2.50 bits per heavy atom. The third-order valence-corrected chi connectivity index (χ3v) is 5.87. The van der Waals surface area contributed by atoms with Crippen LogP contribution in [0.15, 0.2) is 58.9 Å². The van der Waals surface area contributed by atoms with Crippen LogP contribution in [-0.4, -0.2) is 9.49 Å². The molecular weight excluding hydrogens is 401 g/mol. The molecule has 0 saturated heterocycles. The van der Waals surface area contributed by atoms with Gasteiger partial charge in [-0.15, -0.1) is 11.3 Å². The highest BCUT2D eigenvalue weighted by Gasteiger charge is 2.18. The van der Waals surface area contributed by atoms with Crippen molar-refractivity contribution in [2.45, 2.75) is 46.1 Å². The number of benzene rings is 2. The molecule has 3 rings (SSSR count). The van der Waals surface area contributed by atoms with Crippen molar-refractivity contribution in [2.75, 3.05) is 0 Å². The summed E-state index contributed by atoms with van der Waals surface area (Å²) in [6, 6.07) is 13.2. The number of hydrogen-bond acceptors (Lipinski definition) is 4. The van der Waals surface area contributed by atoms with Crippen LogP contribution in [-0.2, 0) is 0 Å². The van der Waals surface area contributed by atoms with Crippen molar-refractivity contribution in [1.29, 1.82) is 0 Å². The summed E-state index contributed by atoms with van der Waals surface area (Å²) in [5, 5.41) is 13.3. The van der Waals surface area contributed by atoms with E-state index in [0.29, 0.717) is 22.0 Å². The van der Waals surface area contributed by atoms with E-state index in [1.165, 1.54) is 23.5 Å². The molecule has 0 amide bonds. The SMILES string of the molecule is CC(C)CCCC(C)n1c(-c2ccccc2F)csc1=Nc1ccccc1[N+](=O)[O-]. The van der Waals surface area contributed by atoms with Crippen LogP contribution >= 0.6 is 11.3 Å². The average molecular weight is 428 g/mol. The number of aromatic nitrogens is 1. The Balaban J connectivity index is 2.12. The molecule has 0 aliphatic carbocycles. The van der Waals surface area contributed by atoms with Crippen LogP contribution < -0.4 is 4.80 Å². The number of thiazole rings is 1. The minimum Gasteiger partial charge on any atom is -0.314 e. The van der Waals surface area contributed by atoms with E-state index in [0.717, 1.165) is 25.0 Å². The molecule has 1 unspecified atom stereocenters. The van der Waals surface area contributed by atoms with Crippen molar-refractivity contribution in [3.05, 3.63) is 74.6 Å². The molecule has 2 aromatic carbocycles. The zero-order valence-electron chi connectivity index (χ0n) is 17.4. The lowest BCUT2D eigenvalue weighted by molar-refractivity contribution is -0.384. The summed E-state index contributed by atoms with van der Waals surface area (Å²) >= 11 is 1.37. The number of halogens is 1. The first-order chi connectivity index (χ1) is 14.4. The smallest absolute Gasteiger partial charge is 0.294 e. The van der Waals surface area contributed by atoms with Crippen LogP contribution in [0.2, 0.25) is 0 Å². The fourth-order valence-electron chi connectivity index (χ4n) is 3.46. The number of nitro groups is 1. The summed E-state index contributed by atoms with van der Waals surface area (Å²) in [6.45, 7) is 6.49. The predicted octanol–water partition coefficient (Wildman–Crippen LogP) is 6.88. The largest absolute Gasteiger partial charge is 0.314 e. The van der Waals surface area contributed by atoms with Gasteiger partial charge in [-0.25, -0.2) is 9.38 Å². The Morgan fingerprint density at radius 1 is 1.10 bits per heavy atom. The minimum atomic E-state index is -0.430. The molecule has 30 heavy (non-hydrogen) atoms. The molecule has 1 heterocycles. The van der Waals surface area contributed by atoms with Crippen molar-refractivity contribution < 1.29 is 9.31 Å². The van der Waals surface area contributed by atoms with Crippen LogP contribution in [0, 0.1) is 21.8 Å². The fourth-order valence-corrected chi connectivity index (χ4v) is 4.46. The normalized spacial score (nSPS) is 13.0. The van der Waals surface area contributed by atoms with Gasteiger partial charge in [-0.2, -0.15) is 0 Å². The average Bonchev–Trinajstić information content (AvgIpc) is 3.11. The zero-order valence-corrected chi connectivity index (χ0v) is 18.2. The molecule has 3 aromatic rings. The van der Waals surface area contributed by atoms with Gasteiger partial charge in [-0.1, -0.05) is 51.0 Å². The molecule has 0 aliphatic rings. The maximum absolute atomic E-state index is 14.6. The Labute approximate surface area is 179 Å². The number of nitrogens with zero attached hydrogens (tertiary/aromatic N) is 3. The highest BCUT2D eigenvalue weighted by atomic mass is 32.1. The maximum Gasteiger partial charge on any atom is 0.294 e. The van der Waals surface area contributed by atoms with Crippen LogP contribution in [0.1, 0.15) is 46.1 Å². The van der Waals surface area contributed by atoms with Crippen molar-refractivity contribution in [2.24, 2.45) is 10.9 Å². The van der Waals surface area contributed by atoms with Gasteiger partial charge in [0.15, 0.2) is 4.80 Å². The lowest BCUT2D eigenvalue weighted by Gasteiger charge is -2.18. The van der Waals surface area contributed by atoms with Crippen molar-refractivity contribution in [1.82, 2.24) is 4.57 Å². The molecule has 0 bridgehead atoms. The van der Waals surface area contributed by atoms with Gasteiger partial charge in [0.05, 0.1) is 10.6 Å². The lowest BCUT2D eigenvalue weighted by atomic mass is 10.0. The van der Waals surface area contributed by atoms with Gasteiger partial charge < -0.3 is 4.57 Å². The van der Waals surface area contributed by atoms with Crippen LogP contribution in [0.5, 0.6) is 0 Å². The number of rotatable bonds is 8. The third-order valence-electron chi connectivity index (χ3n) is 5.03. The van der Waals surface area contributed by atoms with Gasteiger partial charge >= 0.3 is 0 Å². The van der Waals surface area contributed by atoms with E-state index in [9.17, 15) is 14.5 Å². The summed E-state index contributed by atoms with van der Waals surface area (Å²) in [7, 11) is 0. The topological polar surface area (TPSA) is 60.4 Å². The first-order valence-electron chi connectivity index (χ1n) is 10.1. The van der Waals surface area contributed by atoms with E-state index >= 15 is 0 Å². The van der Waals surface area contributed by atoms with E-state index in [1.807, 2.05) is 16.0 Å². The van der Waals surface area contributed by atoms with Gasteiger partial charge in [0.2, 0.25) is 0 Å². The standard InChI is InChI=1S/C23H26FN3O2S/c1-16(2)9-8-10-17(3)26-22(18-11-4-5-12-19(18)24)15-30-23(26)25-20-13-6-7-14-21(20)27(28)29/h4-7,11-17H,8-10H2,1-3H3. The van der Waals surface area contributed by atoms with E-state index < -0.39 is 4.92 Å². The first kappa shape index (κ1) is 21.9. The lowest BCUT2D eigenvalue weighted by Crippen LogP contribution is -2.20. The van der Waals surface area contributed by atoms with Crippen molar-refractivity contribution in [3.8, 4) is 11.3 Å². The van der Waals surface area contributed by atoms with Gasteiger partial charge in [0, 0.05) is 23.1 Å². The molecular formula is C23H26FN3O2S. The van der Waals surface area contributed by atoms with Crippen LogP contribution in [0.25, 0.3) is 11.3 Å². The fraction of sp³-hybridized carbons (Fsp3) is 0.348.